The molecule has 0 fully saturated rings. The second-order valence-electron chi connectivity index (χ2n) is 6.30. The Hall–Kier alpha value is -3.50. The van der Waals surface area contributed by atoms with Gasteiger partial charge in [-0.2, -0.15) is 5.10 Å². The molecular weight excluding hydrogens is 374 g/mol. The van der Waals surface area contributed by atoms with Gasteiger partial charge in [0, 0.05) is 31.6 Å². The third-order valence-corrected chi connectivity index (χ3v) is 4.18. The van der Waals surface area contributed by atoms with Crippen LogP contribution in [0.5, 0.6) is 0 Å². The molecule has 0 aliphatic rings. The zero-order valence-electron chi connectivity index (χ0n) is 16.2. The van der Waals surface area contributed by atoms with Crippen molar-refractivity contribution in [3.8, 4) is 11.3 Å². The maximum absolute atomic E-state index is 10.5. The van der Waals surface area contributed by atoms with Gasteiger partial charge in [-0.25, -0.2) is 20.2 Å². The third kappa shape index (κ3) is 5.74. The molecule has 0 unspecified atom stereocenters. The number of ether oxygens (including phenoxy) is 1. The van der Waals surface area contributed by atoms with Gasteiger partial charge in [0.15, 0.2) is 0 Å². The average molecular weight is 397 g/mol. The molecule has 1 amide bonds. The van der Waals surface area contributed by atoms with Crippen molar-refractivity contribution in [2.75, 3.05) is 19.0 Å². The van der Waals surface area contributed by atoms with Crippen molar-refractivity contribution in [3.63, 3.8) is 0 Å². The van der Waals surface area contributed by atoms with Crippen LogP contribution in [0.25, 0.3) is 11.3 Å². The number of amides is 1. The van der Waals surface area contributed by atoms with Gasteiger partial charge in [-0.15, -0.1) is 0 Å². The van der Waals surface area contributed by atoms with Crippen molar-refractivity contribution in [1.29, 1.82) is 0 Å². The number of benzene rings is 1. The van der Waals surface area contributed by atoms with E-state index >= 15 is 0 Å². The zero-order chi connectivity index (χ0) is 20.6. The highest BCUT2D eigenvalue weighted by Gasteiger charge is 2.07. The van der Waals surface area contributed by atoms with Crippen LogP contribution in [-0.4, -0.2) is 44.7 Å². The van der Waals surface area contributed by atoms with Crippen LogP contribution in [0, 0.1) is 6.92 Å². The smallest absolute Gasteiger partial charge is 0.419 e. The van der Waals surface area contributed by atoms with E-state index in [0.717, 1.165) is 28.1 Å². The molecule has 0 atom stereocenters. The summed E-state index contributed by atoms with van der Waals surface area (Å²) in [6.45, 7) is 3.62. The first-order valence-corrected chi connectivity index (χ1v) is 8.98. The molecule has 2 aromatic heterocycles. The van der Waals surface area contributed by atoms with E-state index in [-0.39, 0.29) is 0 Å². The van der Waals surface area contributed by atoms with E-state index in [1.807, 2.05) is 37.4 Å². The second kappa shape index (κ2) is 9.62. The lowest BCUT2D eigenvalue weighted by Gasteiger charge is -2.10. The topological polar surface area (TPSA) is 126 Å². The molecule has 10 nitrogen and oxygen atoms in total. The fraction of sp³-hybridized carbons (Fsp3) is 0.263. The first-order chi connectivity index (χ1) is 14.0. The van der Waals surface area contributed by atoms with Gasteiger partial charge in [-0.05, 0) is 30.2 Å². The number of hydrogen-bond acceptors (Lipinski definition) is 7. The normalized spacial score (nSPS) is 10.7. The molecule has 10 heteroatoms. The Morgan fingerprint density at radius 3 is 2.93 bits per heavy atom. The molecule has 4 N–H and O–H groups in total. The molecule has 29 heavy (non-hydrogen) atoms. The molecule has 0 aliphatic carbocycles. The fourth-order valence-electron chi connectivity index (χ4n) is 2.71. The summed E-state index contributed by atoms with van der Waals surface area (Å²) >= 11 is 0. The largest absolute Gasteiger partial charge is 0.464 e. The average Bonchev–Trinajstić information content (AvgIpc) is 3.14. The van der Waals surface area contributed by atoms with Crippen LogP contribution in [0.1, 0.15) is 11.1 Å². The Kier molecular flexibility index (Phi) is 6.72. The monoisotopic (exact) mass is 397 g/mol. The Morgan fingerprint density at radius 2 is 2.17 bits per heavy atom. The minimum atomic E-state index is -1.12. The standard InChI is InChI=1S/C19H23N7O3/c1-13-9-14(3-4-15(13)10-21-25-19(27)28)17-5-6-20-18(24-17)23-16-11-22-26(12-16)7-8-29-2/h3-6,9,11-12,21,25H,7-8,10H2,1-2H3,(H,27,28)(H,20,23,24). The van der Waals surface area contributed by atoms with Crippen molar-refractivity contribution in [2.45, 2.75) is 20.0 Å². The van der Waals surface area contributed by atoms with Gasteiger partial charge >= 0.3 is 6.09 Å². The molecular formula is C19H23N7O3. The Bertz CT molecular complexity index is 974. The van der Waals surface area contributed by atoms with Crippen LogP contribution in [0.2, 0.25) is 0 Å². The van der Waals surface area contributed by atoms with E-state index in [9.17, 15) is 4.79 Å². The number of rotatable bonds is 9. The van der Waals surface area contributed by atoms with Gasteiger partial charge in [-0.1, -0.05) is 12.1 Å². The molecule has 0 saturated carbocycles. The molecule has 152 valence electrons. The zero-order valence-corrected chi connectivity index (χ0v) is 16.2. The van der Waals surface area contributed by atoms with Gasteiger partial charge in [0.1, 0.15) is 0 Å². The van der Waals surface area contributed by atoms with Crippen molar-refractivity contribution in [1.82, 2.24) is 30.6 Å². The molecule has 2 heterocycles. The number of nitrogens with zero attached hydrogens (tertiary/aromatic N) is 4. The number of anilines is 2. The maximum Gasteiger partial charge on any atom is 0.419 e. The Morgan fingerprint density at radius 1 is 1.31 bits per heavy atom. The highest BCUT2D eigenvalue weighted by molar-refractivity contribution is 5.64. The molecule has 1 aromatic carbocycles. The highest BCUT2D eigenvalue weighted by atomic mass is 16.5. The summed E-state index contributed by atoms with van der Waals surface area (Å²) in [5.74, 6) is 0.475. The molecule has 3 aromatic rings. The fourth-order valence-corrected chi connectivity index (χ4v) is 2.71. The molecule has 0 aliphatic heterocycles. The van der Waals surface area contributed by atoms with Crippen LogP contribution >= 0.6 is 0 Å². The summed E-state index contributed by atoms with van der Waals surface area (Å²) < 4.78 is 6.83. The summed E-state index contributed by atoms with van der Waals surface area (Å²) in [4.78, 5) is 19.4. The Labute approximate surface area is 167 Å². The minimum absolute atomic E-state index is 0.391. The number of carbonyl (C=O) groups is 1. The van der Waals surface area contributed by atoms with Crippen LogP contribution < -0.4 is 16.2 Å². The van der Waals surface area contributed by atoms with Crippen LogP contribution in [0.4, 0.5) is 16.4 Å². The maximum atomic E-state index is 10.5. The van der Waals surface area contributed by atoms with Gasteiger partial charge in [0.25, 0.3) is 0 Å². The minimum Gasteiger partial charge on any atom is -0.464 e. The highest BCUT2D eigenvalue weighted by Crippen LogP contribution is 2.22. The van der Waals surface area contributed by atoms with Gasteiger partial charge in [0.05, 0.1) is 30.7 Å². The predicted octanol–water partition coefficient (Wildman–Crippen LogP) is 2.31. The summed E-state index contributed by atoms with van der Waals surface area (Å²) in [6.07, 6.45) is 4.15. The molecule has 0 radical (unpaired) electrons. The summed E-state index contributed by atoms with van der Waals surface area (Å²) in [6, 6.07) is 7.73. The third-order valence-electron chi connectivity index (χ3n) is 4.18. The molecule has 0 spiro atoms. The molecule has 0 bridgehead atoms. The number of aryl methyl sites for hydroxylation is 1. The summed E-state index contributed by atoms with van der Waals surface area (Å²) in [5, 5.41) is 16.0. The van der Waals surface area contributed by atoms with Crippen LogP contribution in [0.15, 0.2) is 42.9 Å². The van der Waals surface area contributed by atoms with Crippen LogP contribution in [-0.2, 0) is 17.8 Å². The lowest BCUT2D eigenvalue weighted by atomic mass is 10.0. The van der Waals surface area contributed by atoms with E-state index in [1.165, 1.54) is 0 Å². The summed E-state index contributed by atoms with van der Waals surface area (Å²) in [5.41, 5.74) is 9.31. The lowest BCUT2D eigenvalue weighted by molar-refractivity contribution is 0.183. The molecule has 0 saturated heterocycles. The number of aromatic nitrogens is 4. The first kappa shape index (κ1) is 20.2. The number of nitrogens with one attached hydrogen (secondary N) is 3. The van der Waals surface area contributed by atoms with Crippen LogP contribution in [0.3, 0.4) is 0 Å². The number of carboxylic acid groups (broad SMARTS) is 1. The second-order valence-corrected chi connectivity index (χ2v) is 6.30. The van der Waals surface area contributed by atoms with E-state index in [4.69, 9.17) is 9.84 Å². The van der Waals surface area contributed by atoms with Gasteiger partial charge in [0.2, 0.25) is 5.95 Å². The van der Waals surface area contributed by atoms with Crippen molar-refractivity contribution in [3.05, 3.63) is 54.0 Å². The van der Waals surface area contributed by atoms with Crippen molar-refractivity contribution < 1.29 is 14.6 Å². The predicted molar refractivity (Wildman–Crippen MR) is 108 cm³/mol. The first-order valence-electron chi connectivity index (χ1n) is 8.98. The quantitative estimate of drug-likeness (QED) is 0.405. The number of hydrogen-bond donors (Lipinski definition) is 4. The summed E-state index contributed by atoms with van der Waals surface area (Å²) in [7, 11) is 1.65. The lowest BCUT2D eigenvalue weighted by Crippen LogP contribution is -2.35. The Balaban J connectivity index is 1.69. The van der Waals surface area contributed by atoms with E-state index in [1.54, 1.807) is 24.2 Å². The van der Waals surface area contributed by atoms with Crippen molar-refractivity contribution >= 4 is 17.7 Å². The number of hydrazine groups is 1. The van der Waals surface area contributed by atoms with Gasteiger partial charge < -0.3 is 15.2 Å². The number of methoxy groups -OCH3 is 1. The van der Waals surface area contributed by atoms with E-state index in [0.29, 0.717) is 25.6 Å². The van der Waals surface area contributed by atoms with E-state index < -0.39 is 6.09 Å². The molecule has 3 rings (SSSR count). The van der Waals surface area contributed by atoms with E-state index in [2.05, 4.69) is 31.2 Å². The van der Waals surface area contributed by atoms with Crippen molar-refractivity contribution in [2.24, 2.45) is 0 Å². The van der Waals surface area contributed by atoms with Gasteiger partial charge in [-0.3, -0.25) is 10.1 Å². The SMILES string of the molecule is COCCn1cc(Nc2nccc(-c3ccc(CNNC(=O)O)c(C)c3)n2)cn1.